The highest BCUT2D eigenvalue weighted by Crippen LogP contribution is 2.24. The maximum atomic E-state index is 13.4. The summed E-state index contributed by atoms with van der Waals surface area (Å²) in [6.45, 7) is 2.93. The van der Waals surface area contributed by atoms with Gasteiger partial charge in [0.05, 0.1) is 11.6 Å². The number of rotatable bonds is 10. The quantitative estimate of drug-likeness (QED) is 0.281. The van der Waals surface area contributed by atoms with Gasteiger partial charge >= 0.3 is 5.97 Å². The topological polar surface area (TPSA) is 122 Å². The summed E-state index contributed by atoms with van der Waals surface area (Å²) in [4.78, 5) is 39.1. The van der Waals surface area contributed by atoms with Crippen molar-refractivity contribution in [2.24, 2.45) is 0 Å². The molecule has 5 rings (SSSR count). The van der Waals surface area contributed by atoms with Gasteiger partial charge in [-0.3, -0.25) is 4.79 Å². The van der Waals surface area contributed by atoms with Crippen molar-refractivity contribution in [3.8, 4) is 17.5 Å². The monoisotopic (exact) mass is 578 g/mol. The lowest BCUT2D eigenvalue weighted by molar-refractivity contribution is -0.138. The van der Waals surface area contributed by atoms with Crippen LogP contribution in [-0.4, -0.2) is 64.9 Å². The summed E-state index contributed by atoms with van der Waals surface area (Å²) in [7, 11) is 0. The molecule has 10 heteroatoms. The number of hydrogen-bond donors (Lipinski definition) is 2. The fourth-order valence-electron chi connectivity index (χ4n) is 4.64. The van der Waals surface area contributed by atoms with E-state index in [1.54, 1.807) is 30.3 Å². The van der Waals surface area contributed by atoms with Gasteiger partial charge in [0.15, 0.2) is 5.82 Å². The second-order valence-corrected chi connectivity index (χ2v) is 10.8. The molecule has 0 bridgehead atoms. The Morgan fingerprint density at radius 3 is 2.19 bits per heavy atom. The Balaban J connectivity index is 1.35. The van der Waals surface area contributed by atoms with Crippen LogP contribution in [0.15, 0.2) is 91.0 Å². The second-order valence-electron chi connectivity index (χ2n) is 9.80. The molecule has 2 N–H and O–H groups in total. The van der Waals surface area contributed by atoms with Gasteiger partial charge < -0.3 is 20.2 Å². The van der Waals surface area contributed by atoms with Gasteiger partial charge in [-0.1, -0.05) is 48.5 Å². The summed E-state index contributed by atoms with van der Waals surface area (Å²) in [5.41, 5.74) is 3.48. The third-order valence-corrected chi connectivity index (χ3v) is 8.05. The fourth-order valence-corrected chi connectivity index (χ4v) is 5.65. The Labute approximate surface area is 248 Å². The van der Waals surface area contributed by atoms with Gasteiger partial charge in [-0.25, -0.2) is 14.8 Å². The van der Waals surface area contributed by atoms with Gasteiger partial charge in [-0.2, -0.15) is 17.0 Å². The third-order valence-electron chi connectivity index (χ3n) is 6.94. The molecule has 2 heterocycles. The molecular weight excluding hydrogens is 548 g/mol. The molecule has 1 saturated heterocycles. The number of para-hydroxylation sites is 1. The molecule has 0 radical (unpaired) electrons. The smallest absolute Gasteiger partial charge is 0.327 e. The van der Waals surface area contributed by atoms with E-state index < -0.39 is 17.9 Å². The molecule has 0 aliphatic carbocycles. The van der Waals surface area contributed by atoms with Crippen LogP contribution in [0.2, 0.25) is 0 Å². The van der Waals surface area contributed by atoms with Gasteiger partial charge in [0.2, 0.25) is 0 Å². The highest BCUT2D eigenvalue weighted by atomic mass is 32.2. The van der Waals surface area contributed by atoms with Gasteiger partial charge in [0.25, 0.3) is 5.91 Å². The summed E-state index contributed by atoms with van der Waals surface area (Å²) in [6, 6.07) is 29.4. The van der Waals surface area contributed by atoms with Gasteiger partial charge in [-0.05, 0) is 42.0 Å². The van der Waals surface area contributed by atoms with E-state index in [2.05, 4.69) is 38.3 Å². The summed E-state index contributed by atoms with van der Waals surface area (Å²) < 4.78 is 0. The minimum Gasteiger partial charge on any atom is -0.480 e. The first kappa shape index (κ1) is 28.6. The lowest BCUT2D eigenvalue weighted by atomic mass is 10.1. The van der Waals surface area contributed by atoms with Crippen LogP contribution in [0.25, 0.3) is 11.4 Å². The number of benzene rings is 3. The van der Waals surface area contributed by atoms with Crippen LogP contribution in [-0.2, 0) is 10.5 Å². The first-order valence-corrected chi connectivity index (χ1v) is 14.8. The lowest BCUT2D eigenvalue weighted by Crippen LogP contribution is -2.47. The van der Waals surface area contributed by atoms with Crippen molar-refractivity contribution >= 4 is 35.1 Å². The zero-order chi connectivity index (χ0) is 29.3. The molecule has 1 aliphatic rings. The number of carbonyl (C=O) groups is 2. The van der Waals surface area contributed by atoms with Crippen LogP contribution >= 0.6 is 11.8 Å². The number of amides is 1. The van der Waals surface area contributed by atoms with Crippen LogP contribution in [0, 0.1) is 11.3 Å². The number of nitrogens with one attached hydrogen (secondary N) is 1. The van der Waals surface area contributed by atoms with Crippen LogP contribution in [0.5, 0.6) is 0 Å². The van der Waals surface area contributed by atoms with Crippen molar-refractivity contribution in [2.75, 3.05) is 41.7 Å². The first-order chi connectivity index (χ1) is 20.5. The van der Waals surface area contributed by atoms with Gasteiger partial charge in [0, 0.05) is 55.0 Å². The molecule has 0 saturated carbocycles. The number of carbonyl (C=O) groups excluding carboxylic acids is 1. The molecule has 0 unspecified atom stereocenters. The highest BCUT2D eigenvalue weighted by Gasteiger charge is 2.25. The lowest BCUT2D eigenvalue weighted by Gasteiger charge is -2.36. The number of aliphatic carboxylic acids is 1. The molecule has 1 aromatic heterocycles. The molecule has 0 spiro atoms. The average Bonchev–Trinajstić information content (AvgIpc) is 3.05. The van der Waals surface area contributed by atoms with Crippen molar-refractivity contribution in [1.82, 2.24) is 15.3 Å². The summed E-state index contributed by atoms with van der Waals surface area (Å²) in [5, 5.41) is 21.7. The van der Waals surface area contributed by atoms with E-state index in [1.165, 1.54) is 11.8 Å². The molecule has 4 aromatic rings. The van der Waals surface area contributed by atoms with E-state index in [0.29, 0.717) is 41.6 Å². The number of carboxylic acids is 1. The Kier molecular flexibility index (Phi) is 9.31. The van der Waals surface area contributed by atoms with E-state index in [4.69, 9.17) is 4.98 Å². The Morgan fingerprint density at radius 2 is 1.55 bits per heavy atom. The van der Waals surface area contributed by atoms with E-state index in [9.17, 15) is 20.0 Å². The molecule has 1 amide bonds. The van der Waals surface area contributed by atoms with Crippen LogP contribution < -0.4 is 15.1 Å². The predicted octanol–water partition coefficient (Wildman–Crippen LogP) is 4.46. The zero-order valence-corrected chi connectivity index (χ0v) is 23.7. The standard InChI is InChI=1S/C32H30N6O3S/c33-20-23-11-13-25(14-12-23)30-34-27(31(39)35-28(32(40)41)22-42-21-24-7-3-1-4-8-24)19-29(36-30)38-17-15-37(16-18-38)26-9-5-2-6-10-26/h1-14,19,28H,15-18,21-22H2,(H,35,39)(H,40,41)/t28-/m0/s1. The zero-order valence-electron chi connectivity index (χ0n) is 22.9. The van der Waals surface area contributed by atoms with Gasteiger partial charge in [-0.15, -0.1) is 0 Å². The van der Waals surface area contributed by atoms with Crippen molar-refractivity contribution < 1.29 is 14.7 Å². The van der Waals surface area contributed by atoms with Crippen LogP contribution in [0.1, 0.15) is 21.6 Å². The molecule has 1 aliphatic heterocycles. The largest absolute Gasteiger partial charge is 0.480 e. The summed E-state index contributed by atoms with van der Waals surface area (Å²) in [5.74, 6) is 0.0746. The molecule has 1 atom stereocenters. The number of nitrogens with zero attached hydrogens (tertiary/aromatic N) is 5. The number of aromatic nitrogens is 2. The minimum atomic E-state index is -1.11. The average molecular weight is 579 g/mol. The number of piperazine rings is 1. The minimum absolute atomic E-state index is 0.0872. The third kappa shape index (κ3) is 7.25. The number of carboxylic acid groups (broad SMARTS) is 1. The Morgan fingerprint density at radius 1 is 0.905 bits per heavy atom. The Hall–Kier alpha value is -4.88. The summed E-state index contributed by atoms with van der Waals surface area (Å²) >= 11 is 1.44. The van der Waals surface area contributed by atoms with E-state index >= 15 is 0 Å². The number of anilines is 2. The summed E-state index contributed by atoms with van der Waals surface area (Å²) in [6.07, 6.45) is 0. The Bertz CT molecular complexity index is 1550. The maximum Gasteiger partial charge on any atom is 0.327 e. The van der Waals surface area contributed by atoms with Crippen molar-refractivity contribution in [1.29, 1.82) is 5.26 Å². The molecule has 1 fully saturated rings. The SMILES string of the molecule is N#Cc1ccc(-c2nc(C(=O)N[C@@H](CSCc3ccccc3)C(=O)O)cc(N3CCN(c4ccccc4)CC3)n2)cc1. The van der Waals surface area contributed by atoms with Gasteiger partial charge in [0.1, 0.15) is 17.6 Å². The maximum absolute atomic E-state index is 13.4. The normalized spacial score (nSPS) is 13.7. The van der Waals surface area contributed by atoms with Crippen molar-refractivity contribution in [2.45, 2.75) is 11.8 Å². The molecule has 3 aromatic carbocycles. The van der Waals surface area contributed by atoms with E-state index in [-0.39, 0.29) is 11.4 Å². The van der Waals surface area contributed by atoms with E-state index in [0.717, 1.165) is 24.3 Å². The van der Waals surface area contributed by atoms with E-state index in [1.807, 2.05) is 48.5 Å². The molecule has 9 nitrogen and oxygen atoms in total. The first-order valence-electron chi connectivity index (χ1n) is 13.6. The van der Waals surface area contributed by atoms with Crippen LogP contribution in [0.4, 0.5) is 11.5 Å². The van der Waals surface area contributed by atoms with Crippen molar-refractivity contribution in [3.05, 3.63) is 108 Å². The number of thioether (sulfide) groups is 1. The molecular formula is C32H30N6O3S. The predicted molar refractivity (Wildman–Crippen MR) is 165 cm³/mol. The number of nitriles is 1. The molecule has 212 valence electrons. The highest BCUT2D eigenvalue weighted by molar-refractivity contribution is 7.98. The second kappa shape index (κ2) is 13.7. The van der Waals surface area contributed by atoms with Crippen molar-refractivity contribution in [3.63, 3.8) is 0 Å². The molecule has 42 heavy (non-hydrogen) atoms. The van der Waals surface area contributed by atoms with Crippen LogP contribution in [0.3, 0.4) is 0 Å². The fraction of sp³-hybridized carbons (Fsp3) is 0.219. The number of hydrogen-bond acceptors (Lipinski definition) is 8.